The Kier molecular flexibility index (Phi) is 13.2. The summed E-state index contributed by atoms with van der Waals surface area (Å²) >= 11 is 0. The van der Waals surface area contributed by atoms with E-state index in [4.69, 9.17) is 39.9 Å². The molecule has 12 rings (SSSR count). The lowest BCUT2D eigenvalue weighted by molar-refractivity contribution is -0.384. The second-order valence-electron chi connectivity index (χ2n) is 17.9. The molecule has 2 unspecified atom stereocenters. The van der Waals surface area contributed by atoms with E-state index in [2.05, 4.69) is 38.1 Å². The zero-order chi connectivity index (χ0) is 50.8. The van der Waals surface area contributed by atoms with Crippen LogP contribution in [0.15, 0.2) is 130 Å². The van der Waals surface area contributed by atoms with Crippen LogP contribution in [-0.2, 0) is 12.8 Å². The number of hydrogen-bond acceptors (Lipinski definition) is 16. The van der Waals surface area contributed by atoms with E-state index >= 15 is 0 Å². The Morgan fingerprint density at radius 3 is 1.75 bits per heavy atom. The van der Waals surface area contributed by atoms with Crippen LogP contribution in [0.4, 0.5) is 21.9 Å². The minimum Gasteiger partial charge on any atom is -0.454 e. The van der Waals surface area contributed by atoms with E-state index in [1.165, 1.54) is 17.1 Å². The van der Waals surface area contributed by atoms with Crippen molar-refractivity contribution in [2.45, 2.75) is 59.0 Å². The van der Waals surface area contributed by atoms with Crippen molar-refractivity contribution in [2.24, 2.45) is 20.4 Å². The maximum Gasteiger partial charge on any atom is 0.338 e. The number of carbonyl (C=O) groups is 1. The molecule has 0 saturated carbocycles. The van der Waals surface area contributed by atoms with Gasteiger partial charge in [-0.05, 0) is 123 Å². The van der Waals surface area contributed by atoms with Crippen molar-refractivity contribution in [3.63, 3.8) is 0 Å². The number of carbonyl (C=O) groups excluding carboxylic acids is 1. The van der Waals surface area contributed by atoms with E-state index in [9.17, 15) is 14.9 Å². The number of urea groups is 1. The summed E-state index contributed by atoms with van der Waals surface area (Å²) in [7, 11) is 0. The third-order valence-corrected chi connectivity index (χ3v) is 12.7. The first kappa shape index (κ1) is 47.5. The number of nitrogen functional groups attached to an aromatic ring is 2. The number of nitrogens with one attached hydrogen (secondary N) is 2. The summed E-state index contributed by atoms with van der Waals surface area (Å²) in [5.41, 5.74) is 28.2. The highest BCUT2D eigenvalue weighted by molar-refractivity contribution is 6.16. The quantitative estimate of drug-likeness (QED) is 0.0696. The van der Waals surface area contributed by atoms with Crippen LogP contribution in [0.1, 0.15) is 90.2 Å². The molecule has 0 bridgehead atoms. The topological polar surface area (TPSA) is 244 Å². The second-order valence-corrected chi connectivity index (χ2v) is 17.9. The number of amides is 2. The van der Waals surface area contributed by atoms with Crippen LogP contribution in [-0.4, -0.2) is 71.8 Å². The summed E-state index contributed by atoms with van der Waals surface area (Å²) in [6.07, 6.45) is 2.40. The number of non-ortho nitro benzene ring substituents is 1. The molecule has 0 aliphatic carbocycles. The van der Waals surface area contributed by atoms with Gasteiger partial charge in [-0.2, -0.15) is 15.3 Å². The lowest BCUT2D eigenvalue weighted by Gasteiger charge is -2.32. The van der Waals surface area contributed by atoms with Gasteiger partial charge in [0, 0.05) is 81.6 Å². The summed E-state index contributed by atoms with van der Waals surface area (Å²) < 4.78 is 33.0. The van der Waals surface area contributed by atoms with Crippen molar-refractivity contribution in [2.75, 3.05) is 38.4 Å². The Bertz CT molecular complexity index is 3250. The number of benzene rings is 6. The Morgan fingerprint density at radius 1 is 0.685 bits per heavy atom. The maximum atomic E-state index is 12.7. The van der Waals surface area contributed by atoms with E-state index < -0.39 is 4.92 Å². The minimum atomic E-state index is -0.412. The third kappa shape index (κ3) is 9.97. The standard InChI is InChI=1S/C20H22N4O3.C17H15N3O4.C17H15N3O2/c1-3-8-22-20(25)24-12(2)15-9-17-18(27-11-26-17)10-16(15)19(23-24)13-4-6-14(21)7-5-13;1-10-6-12-7-15-16(24-9-23-15)8-14(12)17(19-18-10)11-2-4-13(5-3-11)20(21)22;1-10-6-12-7-15-16(22-9-21-15)8-14(12)17(20-19-10)11-2-4-13(18)5-3-11/h4-7,9-10,12H,3,8,11,21H2,1-2H3,(H,22,25);2-5,7-8,10,18H,6,9H2,1H3;2-5,7-8H,6,9,18H2,1H3. The molecule has 6 heterocycles. The number of nitrogens with two attached hydrogens (primary N) is 2. The van der Waals surface area contributed by atoms with Gasteiger partial charge in [0.05, 0.1) is 22.4 Å². The van der Waals surface area contributed by atoms with Crippen LogP contribution in [0.2, 0.25) is 0 Å². The first-order chi connectivity index (χ1) is 35.4. The minimum absolute atomic E-state index is 0.0557. The van der Waals surface area contributed by atoms with Crippen molar-refractivity contribution >= 4 is 45.9 Å². The van der Waals surface area contributed by atoms with Crippen molar-refractivity contribution in [3.8, 4) is 34.5 Å². The molecule has 19 heteroatoms. The molecule has 19 nitrogen and oxygen atoms in total. The molecule has 0 spiro atoms. The van der Waals surface area contributed by atoms with Gasteiger partial charge in [0.25, 0.3) is 5.69 Å². The summed E-state index contributed by atoms with van der Waals surface area (Å²) in [6.45, 7) is 9.27. The van der Waals surface area contributed by atoms with E-state index in [1.807, 2.05) is 106 Å². The van der Waals surface area contributed by atoms with Crippen molar-refractivity contribution in [1.82, 2.24) is 15.8 Å². The van der Waals surface area contributed by atoms with Gasteiger partial charge >= 0.3 is 6.03 Å². The Balaban J connectivity index is 0.000000126. The molecular weight excluding hydrogens is 933 g/mol. The number of rotatable bonds is 6. The highest BCUT2D eigenvalue weighted by Crippen LogP contribution is 2.42. The summed E-state index contributed by atoms with van der Waals surface area (Å²) in [5, 5.41) is 33.2. The molecule has 6 aromatic rings. The molecule has 2 amide bonds. The monoisotopic (exact) mass is 984 g/mol. The van der Waals surface area contributed by atoms with Gasteiger partial charge in [-0.3, -0.25) is 10.1 Å². The van der Waals surface area contributed by atoms with E-state index in [1.54, 1.807) is 12.1 Å². The molecule has 6 aliphatic rings. The van der Waals surface area contributed by atoms with Gasteiger partial charge in [-0.15, -0.1) is 5.10 Å². The zero-order valence-electron chi connectivity index (χ0n) is 40.5. The number of nitrogens with zero attached hydrogens (tertiary/aromatic N) is 6. The zero-order valence-corrected chi connectivity index (χ0v) is 40.5. The molecule has 73 heavy (non-hydrogen) atoms. The van der Waals surface area contributed by atoms with Gasteiger partial charge in [0.1, 0.15) is 5.71 Å². The summed E-state index contributed by atoms with van der Waals surface area (Å²) in [4.78, 5) is 23.1. The molecule has 2 atom stereocenters. The summed E-state index contributed by atoms with van der Waals surface area (Å²) in [5.74, 6) is 4.34. The SMILES string of the molecule is CC1=NN=C(c2ccc(N)cc2)c2cc3c(cc2C1)OCO3.CC1Cc2cc3c(cc2C(c2ccc([N+](=O)[O-])cc2)=NN1)OCO3.CCCNC(=O)N1N=C(c2ccc(N)cc2)c2cc3c(cc2C1C)OCO3. The highest BCUT2D eigenvalue weighted by Gasteiger charge is 2.33. The lowest BCUT2D eigenvalue weighted by Crippen LogP contribution is -2.41. The molecule has 0 saturated heterocycles. The van der Waals surface area contributed by atoms with Crippen molar-refractivity contribution < 1.29 is 38.1 Å². The molecule has 0 aromatic heterocycles. The fourth-order valence-electron chi connectivity index (χ4n) is 8.93. The lowest BCUT2D eigenvalue weighted by atomic mass is 9.91. The number of nitro groups is 1. The second kappa shape index (κ2) is 20.3. The first-order valence-corrected chi connectivity index (χ1v) is 23.8. The predicted octanol–water partition coefficient (Wildman–Crippen LogP) is 8.62. The molecule has 6 N–H and O–H groups in total. The van der Waals surface area contributed by atoms with Gasteiger partial charge in [0.15, 0.2) is 34.5 Å². The molecular formula is C54H52N10O9. The molecule has 0 fully saturated rings. The van der Waals surface area contributed by atoms with Crippen molar-refractivity contribution in [1.29, 1.82) is 0 Å². The van der Waals surface area contributed by atoms with E-state index in [-0.39, 0.29) is 44.2 Å². The summed E-state index contributed by atoms with van der Waals surface area (Å²) in [6, 6.07) is 33.0. The molecule has 6 aliphatic heterocycles. The first-order valence-electron chi connectivity index (χ1n) is 23.8. The fourth-order valence-corrected chi connectivity index (χ4v) is 8.93. The van der Waals surface area contributed by atoms with Gasteiger partial charge < -0.3 is 50.6 Å². The Labute approximate surface area is 420 Å². The van der Waals surface area contributed by atoms with Crippen LogP contribution < -0.4 is 50.6 Å². The van der Waals surface area contributed by atoms with E-state index in [0.29, 0.717) is 35.2 Å². The number of fused-ring (bicyclic) bond motifs is 6. The maximum absolute atomic E-state index is 12.7. The average molecular weight is 985 g/mol. The van der Waals surface area contributed by atoms with Crippen LogP contribution in [0, 0.1) is 10.1 Å². The number of ether oxygens (including phenoxy) is 6. The smallest absolute Gasteiger partial charge is 0.338 e. The van der Waals surface area contributed by atoms with Crippen LogP contribution >= 0.6 is 0 Å². The molecule has 372 valence electrons. The van der Waals surface area contributed by atoms with Crippen LogP contribution in [0.5, 0.6) is 34.5 Å². The van der Waals surface area contributed by atoms with Crippen molar-refractivity contribution in [3.05, 3.63) is 169 Å². The van der Waals surface area contributed by atoms with Crippen LogP contribution in [0.25, 0.3) is 0 Å². The van der Waals surface area contributed by atoms with Gasteiger partial charge in [-0.25, -0.2) is 9.80 Å². The normalized spacial score (nSPS) is 17.1. The van der Waals surface area contributed by atoms with Crippen LogP contribution in [0.3, 0.4) is 0 Å². The highest BCUT2D eigenvalue weighted by atomic mass is 16.7. The van der Waals surface area contributed by atoms with Gasteiger partial charge in [-0.1, -0.05) is 31.2 Å². The third-order valence-electron chi connectivity index (χ3n) is 12.7. The molecule has 0 radical (unpaired) electrons. The number of hydrazone groups is 2. The number of hydrogen-bond donors (Lipinski definition) is 4. The Hall–Kier alpha value is -9.13. The fraction of sp³-hybridized carbons (Fsp3) is 0.241. The largest absolute Gasteiger partial charge is 0.454 e. The molecule has 6 aromatic carbocycles. The average Bonchev–Trinajstić information content (AvgIpc) is 4.14. The predicted molar refractivity (Wildman–Crippen MR) is 276 cm³/mol. The Morgan fingerprint density at radius 2 is 1.18 bits per heavy atom. The number of anilines is 2. The number of nitro benzene ring substituents is 1. The van der Waals surface area contributed by atoms with E-state index in [0.717, 1.165) is 109 Å². The van der Waals surface area contributed by atoms with Gasteiger partial charge in [0.2, 0.25) is 20.4 Å².